The van der Waals surface area contributed by atoms with Gasteiger partial charge in [-0.05, 0) is 50.2 Å². The lowest BCUT2D eigenvalue weighted by atomic mass is 10.1. The molecule has 1 nitrogen and oxygen atoms in total. The van der Waals surface area contributed by atoms with Crippen LogP contribution in [0.25, 0.3) is 0 Å². The Morgan fingerprint density at radius 2 is 2.31 bits per heavy atom. The third-order valence-corrected chi connectivity index (χ3v) is 5.65. The first-order valence-electron chi connectivity index (χ1n) is 6.17. The fourth-order valence-corrected chi connectivity index (χ4v) is 4.71. The number of thioether (sulfide) groups is 1. The van der Waals surface area contributed by atoms with Crippen molar-refractivity contribution in [1.82, 2.24) is 4.90 Å². The van der Waals surface area contributed by atoms with E-state index in [1.807, 2.05) is 11.3 Å². The minimum Gasteiger partial charge on any atom is -0.297 e. The summed E-state index contributed by atoms with van der Waals surface area (Å²) in [6.07, 6.45) is 2.51. The van der Waals surface area contributed by atoms with Crippen LogP contribution in [0.4, 0.5) is 0 Å². The zero-order chi connectivity index (χ0) is 11.5. The highest BCUT2D eigenvalue weighted by Gasteiger charge is 2.26. The molecule has 1 aromatic heterocycles. The van der Waals surface area contributed by atoms with Crippen LogP contribution in [0.2, 0.25) is 0 Å². The predicted molar refractivity (Wildman–Crippen MR) is 74.7 cm³/mol. The molecule has 0 spiro atoms. The third kappa shape index (κ3) is 2.63. The van der Waals surface area contributed by atoms with E-state index in [1.165, 1.54) is 25.1 Å². The Balaban J connectivity index is 2.06. The molecule has 2 heterocycles. The van der Waals surface area contributed by atoms with E-state index in [0.717, 1.165) is 6.04 Å². The van der Waals surface area contributed by atoms with Crippen LogP contribution in [0, 0.1) is 0 Å². The Kier molecular flexibility index (Phi) is 4.34. The molecule has 2 rings (SSSR count). The molecule has 1 atom stereocenters. The standard InChI is InChI=1S/C13H21NS2/c1-4-6-14(10(2)3)12-8-11-5-7-15-13(11)16-9-12/h5,7,10,12H,4,6,8-9H2,1-3H3. The van der Waals surface area contributed by atoms with Gasteiger partial charge in [-0.2, -0.15) is 0 Å². The zero-order valence-corrected chi connectivity index (χ0v) is 12.0. The summed E-state index contributed by atoms with van der Waals surface area (Å²) in [5, 5.41) is 2.24. The highest BCUT2D eigenvalue weighted by Crippen LogP contribution is 2.36. The lowest BCUT2D eigenvalue weighted by Gasteiger charge is -2.36. The molecule has 0 amide bonds. The molecule has 0 aliphatic carbocycles. The summed E-state index contributed by atoms with van der Waals surface area (Å²) in [6.45, 7) is 8.16. The summed E-state index contributed by atoms with van der Waals surface area (Å²) in [5.41, 5.74) is 1.58. The van der Waals surface area contributed by atoms with E-state index in [-0.39, 0.29) is 0 Å². The van der Waals surface area contributed by atoms with Crippen molar-refractivity contribution < 1.29 is 0 Å². The zero-order valence-electron chi connectivity index (χ0n) is 10.4. The van der Waals surface area contributed by atoms with Crippen LogP contribution in [0.1, 0.15) is 32.8 Å². The fraction of sp³-hybridized carbons (Fsp3) is 0.692. The highest BCUT2D eigenvalue weighted by atomic mass is 32.2. The van der Waals surface area contributed by atoms with Gasteiger partial charge in [0.15, 0.2) is 0 Å². The van der Waals surface area contributed by atoms with Gasteiger partial charge in [-0.3, -0.25) is 4.90 Å². The van der Waals surface area contributed by atoms with Gasteiger partial charge in [0, 0.05) is 17.8 Å². The van der Waals surface area contributed by atoms with Crippen LogP contribution in [-0.4, -0.2) is 29.3 Å². The van der Waals surface area contributed by atoms with Crippen molar-refractivity contribution in [3.8, 4) is 0 Å². The normalized spacial score (nSPS) is 20.4. The van der Waals surface area contributed by atoms with Crippen molar-refractivity contribution in [1.29, 1.82) is 0 Å². The molecule has 0 aromatic carbocycles. The van der Waals surface area contributed by atoms with E-state index in [1.54, 1.807) is 9.77 Å². The lowest BCUT2D eigenvalue weighted by Crippen LogP contribution is -2.44. The van der Waals surface area contributed by atoms with Crippen LogP contribution >= 0.6 is 23.1 Å². The van der Waals surface area contributed by atoms with Gasteiger partial charge in [0.05, 0.1) is 4.21 Å². The molecule has 3 heteroatoms. The molecule has 16 heavy (non-hydrogen) atoms. The molecule has 0 radical (unpaired) electrons. The van der Waals surface area contributed by atoms with Crippen LogP contribution < -0.4 is 0 Å². The Bertz CT molecular complexity index is 332. The third-order valence-electron chi connectivity index (χ3n) is 3.18. The molecule has 90 valence electrons. The Hall–Kier alpha value is 0.0100. The van der Waals surface area contributed by atoms with E-state index >= 15 is 0 Å². The lowest BCUT2D eigenvalue weighted by molar-refractivity contribution is 0.165. The van der Waals surface area contributed by atoms with E-state index in [9.17, 15) is 0 Å². The van der Waals surface area contributed by atoms with Gasteiger partial charge in [-0.1, -0.05) is 6.92 Å². The molecule has 1 aliphatic rings. The van der Waals surface area contributed by atoms with Gasteiger partial charge in [0.25, 0.3) is 0 Å². The summed E-state index contributed by atoms with van der Waals surface area (Å²) in [7, 11) is 0. The SMILES string of the molecule is CCCN(C(C)C)C1CSc2sccc2C1. The molecule has 0 bridgehead atoms. The number of rotatable bonds is 4. The number of nitrogens with zero attached hydrogens (tertiary/aromatic N) is 1. The van der Waals surface area contributed by atoms with Gasteiger partial charge in [-0.25, -0.2) is 0 Å². The molecular formula is C13H21NS2. The smallest absolute Gasteiger partial charge is 0.0631 e. The number of hydrogen-bond donors (Lipinski definition) is 0. The topological polar surface area (TPSA) is 3.24 Å². The van der Waals surface area contributed by atoms with Gasteiger partial charge >= 0.3 is 0 Å². The second-order valence-electron chi connectivity index (χ2n) is 4.73. The fourth-order valence-electron chi connectivity index (χ4n) is 2.42. The number of thiophene rings is 1. The Labute approximate surface area is 107 Å². The first-order chi connectivity index (χ1) is 7.72. The second kappa shape index (κ2) is 5.56. The van der Waals surface area contributed by atoms with E-state index in [0.29, 0.717) is 6.04 Å². The minimum atomic E-state index is 0.672. The summed E-state index contributed by atoms with van der Waals surface area (Å²) in [4.78, 5) is 2.67. The Morgan fingerprint density at radius 3 is 3.00 bits per heavy atom. The summed E-state index contributed by atoms with van der Waals surface area (Å²) < 4.78 is 1.55. The molecule has 0 saturated carbocycles. The predicted octanol–water partition coefficient (Wildman–Crippen LogP) is 3.89. The van der Waals surface area contributed by atoms with Gasteiger partial charge in [-0.15, -0.1) is 23.1 Å². The van der Waals surface area contributed by atoms with Crippen LogP contribution in [0.3, 0.4) is 0 Å². The number of fused-ring (bicyclic) bond motifs is 1. The molecular weight excluding hydrogens is 234 g/mol. The van der Waals surface area contributed by atoms with Crippen LogP contribution in [-0.2, 0) is 6.42 Å². The van der Waals surface area contributed by atoms with Crippen LogP contribution in [0.5, 0.6) is 0 Å². The maximum absolute atomic E-state index is 2.67. The van der Waals surface area contributed by atoms with Crippen molar-refractivity contribution in [2.75, 3.05) is 12.3 Å². The number of hydrogen-bond acceptors (Lipinski definition) is 3. The van der Waals surface area contributed by atoms with Gasteiger partial charge in [0.1, 0.15) is 0 Å². The largest absolute Gasteiger partial charge is 0.297 e. The first kappa shape index (κ1) is 12.5. The highest BCUT2D eigenvalue weighted by molar-refractivity contribution is 8.01. The van der Waals surface area contributed by atoms with Gasteiger partial charge < -0.3 is 0 Å². The average Bonchev–Trinajstić information content (AvgIpc) is 2.72. The van der Waals surface area contributed by atoms with Gasteiger partial charge in [0.2, 0.25) is 0 Å². The first-order valence-corrected chi connectivity index (χ1v) is 8.03. The monoisotopic (exact) mass is 255 g/mol. The molecule has 1 unspecified atom stereocenters. The second-order valence-corrected chi connectivity index (χ2v) is 6.94. The summed E-state index contributed by atoms with van der Waals surface area (Å²) in [6, 6.07) is 3.72. The van der Waals surface area contributed by atoms with E-state index < -0.39 is 0 Å². The molecule has 1 aliphatic heterocycles. The minimum absolute atomic E-state index is 0.672. The maximum Gasteiger partial charge on any atom is 0.0631 e. The van der Waals surface area contributed by atoms with Crippen molar-refractivity contribution >= 4 is 23.1 Å². The van der Waals surface area contributed by atoms with E-state index in [2.05, 4.69) is 48.9 Å². The summed E-state index contributed by atoms with van der Waals surface area (Å²) >= 11 is 3.96. The average molecular weight is 255 g/mol. The van der Waals surface area contributed by atoms with Crippen molar-refractivity contribution in [3.05, 3.63) is 17.0 Å². The van der Waals surface area contributed by atoms with Crippen molar-refractivity contribution in [2.45, 2.75) is 49.9 Å². The van der Waals surface area contributed by atoms with E-state index in [4.69, 9.17) is 0 Å². The van der Waals surface area contributed by atoms with Crippen LogP contribution in [0.15, 0.2) is 15.7 Å². The molecule has 0 saturated heterocycles. The summed E-state index contributed by atoms with van der Waals surface area (Å²) in [5.74, 6) is 1.27. The maximum atomic E-state index is 2.67. The molecule has 1 aromatic rings. The molecule has 0 N–H and O–H groups in total. The Morgan fingerprint density at radius 1 is 1.50 bits per heavy atom. The van der Waals surface area contributed by atoms with Crippen molar-refractivity contribution in [2.24, 2.45) is 0 Å². The van der Waals surface area contributed by atoms with Crippen molar-refractivity contribution in [3.63, 3.8) is 0 Å². The molecule has 0 fully saturated rings. The quantitative estimate of drug-likeness (QED) is 0.803.